The first kappa shape index (κ1) is 10.7. The van der Waals surface area contributed by atoms with E-state index in [2.05, 4.69) is 9.55 Å². The number of benzene rings is 1. The van der Waals surface area contributed by atoms with Gasteiger partial charge in [0.05, 0.1) is 17.6 Å². The van der Waals surface area contributed by atoms with Gasteiger partial charge in [-0.15, -0.1) is 0 Å². The van der Waals surface area contributed by atoms with Crippen LogP contribution >= 0.6 is 0 Å². The molecule has 1 aromatic carbocycles. The molecule has 17 heavy (non-hydrogen) atoms. The van der Waals surface area contributed by atoms with Crippen molar-refractivity contribution >= 4 is 11.0 Å². The third kappa shape index (κ3) is 1.72. The molecule has 1 saturated carbocycles. The molecule has 2 aromatic rings. The van der Waals surface area contributed by atoms with E-state index in [9.17, 15) is 4.39 Å². The average Bonchev–Trinajstić information content (AvgIpc) is 3.05. The molecule has 1 heterocycles. The van der Waals surface area contributed by atoms with Crippen LogP contribution in [0.15, 0.2) is 12.1 Å². The van der Waals surface area contributed by atoms with E-state index < -0.39 is 0 Å². The third-order valence-corrected chi connectivity index (χ3v) is 3.29. The van der Waals surface area contributed by atoms with Crippen LogP contribution in [0.3, 0.4) is 0 Å². The lowest BCUT2D eigenvalue weighted by molar-refractivity contribution is 0.295. The number of hydrogen-bond donors (Lipinski definition) is 1. The zero-order chi connectivity index (χ0) is 12.0. The molecule has 1 aromatic heterocycles. The summed E-state index contributed by atoms with van der Waals surface area (Å²) >= 11 is 0. The largest absolute Gasteiger partial charge is 0.396 e. The molecule has 0 aliphatic heterocycles. The Morgan fingerprint density at radius 3 is 2.88 bits per heavy atom. The van der Waals surface area contributed by atoms with Crippen molar-refractivity contribution in [3.63, 3.8) is 0 Å². The van der Waals surface area contributed by atoms with Gasteiger partial charge in [-0.3, -0.25) is 0 Å². The van der Waals surface area contributed by atoms with Crippen molar-refractivity contribution < 1.29 is 9.50 Å². The average molecular weight is 234 g/mol. The van der Waals surface area contributed by atoms with Gasteiger partial charge in [0.15, 0.2) is 0 Å². The number of aryl methyl sites for hydroxylation is 1. The summed E-state index contributed by atoms with van der Waals surface area (Å²) in [5.74, 6) is 0.685. The fourth-order valence-electron chi connectivity index (χ4n) is 2.29. The van der Waals surface area contributed by atoms with E-state index >= 15 is 0 Å². The Morgan fingerprint density at radius 2 is 2.24 bits per heavy atom. The first-order chi connectivity index (χ1) is 8.20. The van der Waals surface area contributed by atoms with E-state index in [1.54, 1.807) is 19.1 Å². The van der Waals surface area contributed by atoms with Crippen LogP contribution in [0.2, 0.25) is 0 Å². The van der Waals surface area contributed by atoms with Crippen molar-refractivity contribution in [3.8, 4) is 0 Å². The Hall–Kier alpha value is -1.42. The molecule has 0 spiro atoms. The smallest absolute Gasteiger partial charge is 0.128 e. The van der Waals surface area contributed by atoms with Crippen LogP contribution in [0.1, 0.15) is 30.3 Å². The van der Waals surface area contributed by atoms with Gasteiger partial charge in [0.2, 0.25) is 0 Å². The van der Waals surface area contributed by atoms with E-state index in [1.165, 1.54) is 0 Å². The maximum absolute atomic E-state index is 13.6. The second-order valence-corrected chi connectivity index (χ2v) is 4.69. The Balaban J connectivity index is 2.23. The number of aliphatic hydroxyl groups is 1. The van der Waals surface area contributed by atoms with E-state index in [1.807, 2.05) is 0 Å². The van der Waals surface area contributed by atoms with Crippen molar-refractivity contribution in [1.82, 2.24) is 9.55 Å². The molecule has 3 rings (SSSR count). The molecule has 4 heteroatoms. The van der Waals surface area contributed by atoms with E-state index in [0.29, 0.717) is 18.0 Å². The predicted octanol–water partition coefficient (Wildman–Crippen LogP) is 2.35. The summed E-state index contributed by atoms with van der Waals surface area (Å²) in [5, 5.41) is 9.05. The molecule has 1 aliphatic rings. The van der Waals surface area contributed by atoms with Crippen LogP contribution in [-0.2, 0) is 6.42 Å². The van der Waals surface area contributed by atoms with Crippen LogP contribution in [0.5, 0.6) is 0 Å². The van der Waals surface area contributed by atoms with Crippen molar-refractivity contribution in [1.29, 1.82) is 0 Å². The minimum absolute atomic E-state index is 0.0809. The van der Waals surface area contributed by atoms with E-state index in [-0.39, 0.29) is 12.4 Å². The number of hydrogen-bond acceptors (Lipinski definition) is 2. The molecule has 0 bridgehead atoms. The summed E-state index contributed by atoms with van der Waals surface area (Å²) in [4.78, 5) is 4.50. The Bertz CT molecular complexity index is 572. The van der Waals surface area contributed by atoms with Gasteiger partial charge in [-0.1, -0.05) is 0 Å². The number of aromatic nitrogens is 2. The van der Waals surface area contributed by atoms with Gasteiger partial charge in [0.1, 0.15) is 11.6 Å². The molecule has 1 aliphatic carbocycles. The lowest BCUT2D eigenvalue weighted by atomic mass is 10.2. The minimum Gasteiger partial charge on any atom is -0.396 e. The first-order valence-corrected chi connectivity index (χ1v) is 5.98. The standard InChI is InChI=1S/C13H15FN2O/c1-8-6-11-12(7-10(8)14)16(9-2-3-9)13(15-11)4-5-17/h6-7,9,17H,2-5H2,1H3. The fraction of sp³-hybridized carbons (Fsp3) is 0.462. The lowest BCUT2D eigenvalue weighted by Crippen LogP contribution is -2.03. The summed E-state index contributed by atoms with van der Waals surface area (Å²) in [6.45, 7) is 1.83. The highest BCUT2D eigenvalue weighted by Crippen LogP contribution is 2.39. The summed E-state index contributed by atoms with van der Waals surface area (Å²) in [6.07, 6.45) is 2.78. The van der Waals surface area contributed by atoms with Crippen molar-refractivity contribution in [2.45, 2.75) is 32.2 Å². The summed E-state index contributed by atoms with van der Waals surface area (Å²) in [6, 6.07) is 3.80. The Morgan fingerprint density at radius 1 is 1.47 bits per heavy atom. The quantitative estimate of drug-likeness (QED) is 0.885. The number of rotatable bonds is 3. The maximum Gasteiger partial charge on any atom is 0.128 e. The van der Waals surface area contributed by atoms with Crippen LogP contribution in [0.25, 0.3) is 11.0 Å². The van der Waals surface area contributed by atoms with Crippen LogP contribution in [0.4, 0.5) is 4.39 Å². The fourth-order valence-corrected chi connectivity index (χ4v) is 2.29. The number of halogens is 1. The number of fused-ring (bicyclic) bond motifs is 1. The topological polar surface area (TPSA) is 38.1 Å². The number of imidazole rings is 1. The van der Waals surface area contributed by atoms with Crippen molar-refractivity contribution in [2.75, 3.05) is 6.61 Å². The van der Waals surface area contributed by atoms with Gasteiger partial charge in [0.25, 0.3) is 0 Å². The van der Waals surface area contributed by atoms with Crippen LogP contribution in [-0.4, -0.2) is 21.3 Å². The Kier molecular flexibility index (Phi) is 2.40. The number of aliphatic hydroxyl groups excluding tert-OH is 1. The molecule has 0 atom stereocenters. The molecule has 3 nitrogen and oxygen atoms in total. The van der Waals surface area contributed by atoms with E-state index in [4.69, 9.17) is 5.11 Å². The van der Waals surface area contributed by atoms with Gasteiger partial charge < -0.3 is 9.67 Å². The minimum atomic E-state index is -0.185. The summed E-state index contributed by atoms with van der Waals surface area (Å²) in [5.41, 5.74) is 2.31. The summed E-state index contributed by atoms with van der Waals surface area (Å²) < 4.78 is 15.7. The zero-order valence-electron chi connectivity index (χ0n) is 9.78. The molecular formula is C13H15FN2O. The van der Waals surface area contributed by atoms with Gasteiger partial charge in [-0.2, -0.15) is 0 Å². The highest BCUT2D eigenvalue weighted by molar-refractivity contribution is 5.77. The van der Waals surface area contributed by atoms with Crippen LogP contribution < -0.4 is 0 Å². The second-order valence-electron chi connectivity index (χ2n) is 4.69. The zero-order valence-corrected chi connectivity index (χ0v) is 9.78. The van der Waals surface area contributed by atoms with Gasteiger partial charge in [0, 0.05) is 18.5 Å². The highest BCUT2D eigenvalue weighted by atomic mass is 19.1. The molecule has 1 fully saturated rings. The lowest BCUT2D eigenvalue weighted by Gasteiger charge is -2.06. The first-order valence-electron chi connectivity index (χ1n) is 5.98. The summed E-state index contributed by atoms with van der Waals surface area (Å²) in [7, 11) is 0. The van der Waals surface area contributed by atoms with Gasteiger partial charge in [-0.25, -0.2) is 9.37 Å². The van der Waals surface area contributed by atoms with Crippen molar-refractivity contribution in [3.05, 3.63) is 29.3 Å². The molecule has 0 amide bonds. The van der Waals surface area contributed by atoms with Crippen LogP contribution in [0, 0.1) is 12.7 Å². The normalized spacial score (nSPS) is 15.7. The maximum atomic E-state index is 13.6. The highest BCUT2D eigenvalue weighted by Gasteiger charge is 2.28. The molecule has 0 radical (unpaired) electrons. The SMILES string of the molecule is Cc1cc2nc(CCO)n(C3CC3)c2cc1F. The second kappa shape index (κ2) is 3.81. The predicted molar refractivity (Wildman–Crippen MR) is 63.5 cm³/mol. The van der Waals surface area contributed by atoms with Crippen molar-refractivity contribution in [2.24, 2.45) is 0 Å². The monoisotopic (exact) mass is 234 g/mol. The Labute approximate surface area is 98.9 Å². The molecule has 0 unspecified atom stereocenters. The molecular weight excluding hydrogens is 219 g/mol. The van der Waals surface area contributed by atoms with E-state index in [0.717, 1.165) is 29.7 Å². The molecule has 90 valence electrons. The molecule has 1 N–H and O–H groups in total. The number of nitrogens with zero attached hydrogens (tertiary/aromatic N) is 2. The molecule has 0 saturated heterocycles. The van der Waals surface area contributed by atoms with Gasteiger partial charge >= 0.3 is 0 Å². The van der Waals surface area contributed by atoms with Gasteiger partial charge in [-0.05, 0) is 31.4 Å². The third-order valence-electron chi connectivity index (χ3n) is 3.29.